The number of hydrogen-bond donors (Lipinski definition) is 4. The Hall–Kier alpha value is -3.69. The number of benzene rings is 2. The van der Waals surface area contributed by atoms with Crippen molar-refractivity contribution in [3.05, 3.63) is 71.8 Å². The van der Waals surface area contributed by atoms with Crippen LogP contribution in [0, 0.1) is 5.92 Å². The Morgan fingerprint density at radius 1 is 1.02 bits per heavy atom. The van der Waals surface area contributed by atoms with Crippen LogP contribution in [0.3, 0.4) is 0 Å². The average Bonchev–Trinajstić information content (AvgIpc) is 2.94. The molecule has 2 aromatic carbocycles. The van der Waals surface area contributed by atoms with Crippen LogP contribution in [-0.4, -0.2) is 61.6 Å². The second-order valence-electron chi connectivity index (χ2n) is 10.5. The van der Waals surface area contributed by atoms with Crippen molar-refractivity contribution in [2.45, 2.75) is 58.3 Å². The monoisotopic (exact) mass is 550 g/mol. The molecule has 9 heteroatoms. The lowest BCUT2D eigenvalue weighted by molar-refractivity contribution is -0.136. The van der Waals surface area contributed by atoms with E-state index < -0.39 is 29.4 Å². The largest absolute Gasteiger partial charge is 0.492 e. The number of carbonyl (C=O) groups excluding carboxylic acids is 3. The summed E-state index contributed by atoms with van der Waals surface area (Å²) in [5.74, 6) is -0.442. The molecule has 1 aliphatic rings. The topological polar surface area (TPSA) is 118 Å². The second-order valence-corrected chi connectivity index (χ2v) is 10.5. The molecule has 0 aromatic heterocycles. The predicted octanol–water partition coefficient (Wildman–Crippen LogP) is 2.81. The van der Waals surface area contributed by atoms with E-state index in [4.69, 9.17) is 9.47 Å². The smallest absolute Gasteiger partial charge is 0.245 e. The number of fused-ring (bicyclic) bond motifs is 1. The molecule has 40 heavy (non-hydrogen) atoms. The van der Waals surface area contributed by atoms with Crippen molar-refractivity contribution < 1.29 is 23.9 Å². The molecule has 3 amide bonds. The summed E-state index contributed by atoms with van der Waals surface area (Å²) in [5.41, 5.74) is 0.546. The first-order valence-electron chi connectivity index (χ1n) is 13.9. The molecule has 0 radical (unpaired) electrons. The minimum Gasteiger partial charge on any atom is -0.492 e. The Bertz CT molecular complexity index is 1150. The molecule has 0 saturated carbocycles. The molecule has 2 aromatic rings. The number of para-hydroxylation sites is 1. The molecule has 9 nitrogen and oxygen atoms in total. The Balaban J connectivity index is 1.82. The summed E-state index contributed by atoms with van der Waals surface area (Å²) in [7, 11) is 0. The van der Waals surface area contributed by atoms with E-state index in [2.05, 4.69) is 21.3 Å². The molecule has 3 rings (SSSR count). The molecular weight excluding hydrogens is 508 g/mol. The lowest BCUT2D eigenvalue weighted by atomic mass is 9.96. The molecule has 0 aliphatic carbocycles. The molecule has 1 heterocycles. The van der Waals surface area contributed by atoms with Gasteiger partial charge in [-0.2, -0.15) is 0 Å². The average molecular weight is 551 g/mol. The van der Waals surface area contributed by atoms with Gasteiger partial charge in [0.25, 0.3) is 0 Å². The van der Waals surface area contributed by atoms with E-state index in [0.29, 0.717) is 25.5 Å². The van der Waals surface area contributed by atoms with Gasteiger partial charge in [0.1, 0.15) is 23.9 Å². The summed E-state index contributed by atoms with van der Waals surface area (Å²) < 4.78 is 11.8. The van der Waals surface area contributed by atoms with Crippen LogP contribution in [0.25, 0.3) is 6.08 Å². The van der Waals surface area contributed by atoms with Crippen LogP contribution in [0.5, 0.6) is 5.75 Å². The van der Waals surface area contributed by atoms with Gasteiger partial charge < -0.3 is 30.7 Å². The number of nitrogens with one attached hydrogen (secondary N) is 4. The summed E-state index contributed by atoms with van der Waals surface area (Å²) in [5, 5.41) is 11.8. The molecule has 0 unspecified atom stereocenters. The molecule has 1 aliphatic heterocycles. The molecule has 0 fully saturated rings. The van der Waals surface area contributed by atoms with Gasteiger partial charge in [0, 0.05) is 18.7 Å². The van der Waals surface area contributed by atoms with Crippen molar-refractivity contribution in [3.63, 3.8) is 0 Å². The van der Waals surface area contributed by atoms with Gasteiger partial charge in [-0.05, 0) is 31.4 Å². The number of hydrogen-bond acceptors (Lipinski definition) is 6. The van der Waals surface area contributed by atoms with Gasteiger partial charge in [0.05, 0.1) is 19.3 Å². The third kappa shape index (κ3) is 9.20. The highest BCUT2D eigenvalue weighted by Gasteiger charge is 2.35. The lowest BCUT2D eigenvalue weighted by Gasteiger charge is -2.31. The predicted molar refractivity (Wildman–Crippen MR) is 155 cm³/mol. The first-order valence-corrected chi connectivity index (χ1v) is 13.9. The Kier molecular flexibility index (Phi) is 11.7. The van der Waals surface area contributed by atoms with Crippen LogP contribution in [0.2, 0.25) is 0 Å². The Labute approximate surface area is 237 Å². The molecule has 4 N–H and O–H groups in total. The third-order valence-electron chi connectivity index (χ3n) is 6.85. The minimum atomic E-state index is -1.27. The van der Waals surface area contributed by atoms with Crippen LogP contribution in [0.1, 0.15) is 45.2 Å². The highest BCUT2D eigenvalue weighted by Crippen LogP contribution is 2.19. The molecule has 0 bridgehead atoms. The van der Waals surface area contributed by atoms with Crippen LogP contribution in [0.4, 0.5) is 0 Å². The van der Waals surface area contributed by atoms with Gasteiger partial charge in [-0.15, -0.1) is 0 Å². The SMILES string of the molecule is CC[C@H](C)[C@@H]1NCCOc2ccccc2/C=C\CNC(=O)[C@H](COCc2ccccc2)NC(=O)C(C)(C)NC1=O. The van der Waals surface area contributed by atoms with E-state index in [1.807, 2.05) is 80.6 Å². The van der Waals surface area contributed by atoms with Gasteiger partial charge >= 0.3 is 0 Å². The Morgan fingerprint density at radius 2 is 1.75 bits per heavy atom. The highest BCUT2D eigenvalue weighted by molar-refractivity contribution is 5.95. The minimum absolute atomic E-state index is 0.0181. The highest BCUT2D eigenvalue weighted by atomic mass is 16.5. The quantitative estimate of drug-likeness (QED) is 0.440. The van der Waals surface area contributed by atoms with Gasteiger partial charge in [0.2, 0.25) is 17.7 Å². The summed E-state index contributed by atoms with van der Waals surface area (Å²) in [4.78, 5) is 39.8. The van der Waals surface area contributed by atoms with Crippen molar-refractivity contribution in [1.29, 1.82) is 0 Å². The molecule has 216 valence electrons. The molecule has 0 spiro atoms. The number of amides is 3. The summed E-state index contributed by atoms with van der Waals surface area (Å²) in [6.45, 7) is 8.55. The normalized spacial score (nSPS) is 22.2. The van der Waals surface area contributed by atoms with Gasteiger partial charge in [-0.1, -0.05) is 81.0 Å². The van der Waals surface area contributed by atoms with Gasteiger partial charge in [0.15, 0.2) is 0 Å². The first kappa shape index (κ1) is 30.8. The summed E-state index contributed by atoms with van der Waals surface area (Å²) in [6, 6.07) is 15.7. The molecule has 3 atom stereocenters. The molecular formula is C31H42N4O5. The van der Waals surface area contributed by atoms with Crippen molar-refractivity contribution in [1.82, 2.24) is 21.3 Å². The van der Waals surface area contributed by atoms with Crippen molar-refractivity contribution in [2.24, 2.45) is 5.92 Å². The molecule has 0 saturated heterocycles. The fourth-order valence-corrected chi connectivity index (χ4v) is 4.21. The van der Waals surface area contributed by atoms with Crippen LogP contribution in [0.15, 0.2) is 60.7 Å². The van der Waals surface area contributed by atoms with E-state index in [9.17, 15) is 14.4 Å². The van der Waals surface area contributed by atoms with Crippen molar-refractivity contribution >= 4 is 23.8 Å². The van der Waals surface area contributed by atoms with E-state index in [0.717, 1.165) is 17.5 Å². The first-order chi connectivity index (χ1) is 19.2. The van der Waals surface area contributed by atoms with E-state index in [1.54, 1.807) is 13.8 Å². The van der Waals surface area contributed by atoms with E-state index in [1.165, 1.54) is 0 Å². The zero-order valence-corrected chi connectivity index (χ0v) is 23.9. The van der Waals surface area contributed by atoms with Crippen LogP contribution < -0.4 is 26.0 Å². The maximum atomic E-state index is 13.3. The second kappa shape index (κ2) is 15.2. The maximum absolute atomic E-state index is 13.3. The lowest BCUT2D eigenvalue weighted by Crippen LogP contribution is -2.62. The summed E-state index contributed by atoms with van der Waals surface area (Å²) in [6.07, 6.45) is 4.48. The third-order valence-corrected chi connectivity index (χ3v) is 6.85. The van der Waals surface area contributed by atoms with E-state index >= 15 is 0 Å². The zero-order valence-electron chi connectivity index (χ0n) is 23.9. The van der Waals surface area contributed by atoms with E-state index in [-0.39, 0.29) is 25.0 Å². The number of ether oxygens (including phenoxy) is 2. The Morgan fingerprint density at radius 3 is 2.50 bits per heavy atom. The zero-order chi connectivity index (χ0) is 29.0. The standard InChI is InChI=1S/C31H42N4O5/c1-5-22(2)27-29(37)35-31(3,4)30(38)34-25(21-39-20-23-12-7-6-8-13-23)28(36)33-17-11-15-24-14-9-10-16-26(24)40-19-18-32-27/h6-16,22,25,27,32H,5,17-21H2,1-4H3,(H,33,36)(H,34,38)(H,35,37)/b15-11-/t22-,25-,27-/m0/s1. The number of carbonyl (C=O) groups is 3. The fraction of sp³-hybridized carbons (Fsp3) is 0.452. The summed E-state index contributed by atoms with van der Waals surface area (Å²) >= 11 is 0. The number of rotatable bonds is 6. The van der Waals surface area contributed by atoms with Crippen LogP contribution in [-0.2, 0) is 25.7 Å². The van der Waals surface area contributed by atoms with Crippen molar-refractivity contribution in [2.75, 3.05) is 26.3 Å². The van der Waals surface area contributed by atoms with Gasteiger partial charge in [-0.3, -0.25) is 14.4 Å². The maximum Gasteiger partial charge on any atom is 0.245 e. The van der Waals surface area contributed by atoms with Crippen molar-refractivity contribution in [3.8, 4) is 5.75 Å². The van der Waals surface area contributed by atoms with Crippen LogP contribution >= 0.6 is 0 Å². The fourth-order valence-electron chi connectivity index (χ4n) is 4.21. The van der Waals surface area contributed by atoms with Gasteiger partial charge in [-0.25, -0.2) is 0 Å².